The van der Waals surface area contributed by atoms with E-state index in [4.69, 9.17) is 18.8 Å². The van der Waals surface area contributed by atoms with Gasteiger partial charge in [-0.25, -0.2) is 9.97 Å². The lowest BCUT2D eigenvalue weighted by Crippen LogP contribution is -1.97. The summed E-state index contributed by atoms with van der Waals surface area (Å²) in [7, 11) is 0. The molecule has 3 aromatic heterocycles. The summed E-state index contributed by atoms with van der Waals surface area (Å²) < 4.78 is 12.9. The van der Waals surface area contributed by atoms with E-state index in [0.717, 1.165) is 105 Å². The van der Waals surface area contributed by atoms with Gasteiger partial charge in [-0.1, -0.05) is 158 Å². The van der Waals surface area contributed by atoms with E-state index in [1.54, 1.807) is 0 Å². The summed E-state index contributed by atoms with van der Waals surface area (Å²) in [6.45, 7) is 0. The first-order valence-electron chi connectivity index (χ1n) is 18.8. The summed E-state index contributed by atoms with van der Waals surface area (Å²) in [6.07, 6.45) is 0. The minimum atomic E-state index is 0.669. The molecule has 0 radical (unpaired) electrons. The van der Waals surface area contributed by atoms with Gasteiger partial charge in [0.2, 0.25) is 0 Å². The lowest BCUT2D eigenvalue weighted by atomic mass is 9.93. The lowest BCUT2D eigenvalue weighted by Gasteiger charge is -2.13. The Bertz CT molecular complexity index is 3230. The van der Waals surface area contributed by atoms with Crippen LogP contribution in [0.4, 0.5) is 0 Å². The topological polar surface area (TPSA) is 52.1 Å². The van der Waals surface area contributed by atoms with Crippen LogP contribution in [0.3, 0.4) is 0 Å². The molecule has 0 N–H and O–H groups in total. The molecule has 0 aliphatic rings. The second-order valence-electron chi connectivity index (χ2n) is 14.1. The molecule has 262 valence electrons. The maximum atomic E-state index is 6.69. The van der Waals surface area contributed by atoms with Crippen LogP contribution in [0, 0.1) is 0 Å². The van der Waals surface area contributed by atoms with Crippen molar-refractivity contribution in [2.24, 2.45) is 0 Å². The number of aromatic nitrogens is 2. The SMILES string of the molecule is c1ccc(-c2cc(-c3ccccc3-c3ccccc3)nc(-c3ccc(-c4ccc(-c5ccc6oc7ccccc7c6c5)c5c4oc4ccccc45)cc3)n2)cc1. The molecule has 0 amide bonds. The van der Waals surface area contributed by atoms with Crippen molar-refractivity contribution in [3.8, 4) is 67.3 Å². The molecule has 11 rings (SSSR count). The van der Waals surface area contributed by atoms with Gasteiger partial charge in [0.15, 0.2) is 5.82 Å². The predicted octanol–water partition coefficient (Wildman–Crippen LogP) is 14.3. The quantitative estimate of drug-likeness (QED) is 0.172. The molecule has 56 heavy (non-hydrogen) atoms. The van der Waals surface area contributed by atoms with Crippen LogP contribution in [-0.2, 0) is 0 Å². The third-order valence-electron chi connectivity index (χ3n) is 10.8. The van der Waals surface area contributed by atoms with Crippen LogP contribution in [-0.4, -0.2) is 9.97 Å². The van der Waals surface area contributed by atoms with Gasteiger partial charge in [0, 0.05) is 43.8 Å². The lowest BCUT2D eigenvalue weighted by molar-refractivity contribution is 0.669. The zero-order chi connectivity index (χ0) is 37.0. The number of benzene rings is 8. The number of para-hydroxylation sites is 2. The van der Waals surface area contributed by atoms with Crippen molar-refractivity contribution in [2.75, 3.05) is 0 Å². The van der Waals surface area contributed by atoms with Crippen LogP contribution in [0.5, 0.6) is 0 Å². The summed E-state index contributed by atoms with van der Waals surface area (Å²) in [5.74, 6) is 0.669. The van der Waals surface area contributed by atoms with Gasteiger partial charge in [-0.15, -0.1) is 0 Å². The molecule has 0 aliphatic carbocycles. The van der Waals surface area contributed by atoms with Crippen molar-refractivity contribution < 1.29 is 8.83 Å². The van der Waals surface area contributed by atoms with Crippen LogP contribution >= 0.6 is 0 Å². The van der Waals surface area contributed by atoms with Gasteiger partial charge in [-0.2, -0.15) is 0 Å². The second kappa shape index (κ2) is 13.1. The van der Waals surface area contributed by atoms with Gasteiger partial charge in [-0.05, 0) is 64.2 Å². The van der Waals surface area contributed by atoms with Crippen molar-refractivity contribution >= 4 is 43.9 Å². The van der Waals surface area contributed by atoms with Gasteiger partial charge < -0.3 is 8.83 Å². The summed E-state index contributed by atoms with van der Waals surface area (Å²) in [6, 6.07) is 67.2. The number of hydrogen-bond acceptors (Lipinski definition) is 4. The molecular weight excluding hydrogens is 685 g/mol. The van der Waals surface area contributed by atoms with Crippen molar-refractivity contribution in [1.29, 1.82) is 0 Å². The van der Waals surface area contributed by atoms with Crippen LogP contribution in [0.15, 0.2) is 203 Å². The van der Waals surface area contributed by atoms with E-state index in [2.05, 4.69) is 146 Å². The Kier molecular flexibility index (Phi) is 7.46. The minimum absolute atomic E-state index is 0.669. The van der Waals surface area contributed by atoms with Gasteiger partial charge in [0.25, 0.3) is 0 Å². The molecular formula is C52H32N2O2. The summed E-state index contributed by atoms with van der Waals surface area (Å²) >= 11 is 0. The van der Waals surface area contributed by atoms with Crippen LogP contribution in [0.25, 0.3) is 111 Å². The molecule has 0 atom stereocenters. The average Bonchev–Trinajstić information content (AvgIpc) is 3.85. The maximum Gasteiger partial charge on any atom is 0.160 e. The molecule has 0 fully saturated rings. The fourth-order valence-corrected chi connectivity index (χ4v) is 8.04. The molecule has 0 aliphatic heterocycles. The molecule has 3 heterocycles. The van der Waals surface area contributed by atoms with Crippen molar-refractivity contribution in [3.63, 3.8) is 0 Å². The Morgan fingerprint density at radius 1 is 0.304 bits per heavy atom. The molecule has 11 aromatic rings. The zero-order valence-corrected chi connectivity index (χ0v) is 30.2. The van der Waals surface area contributed by atoms with Crippen molar-refractivity contribution in [1.82, 2.24) is 9.97 Å². The second-order valence-corrected chi connectivity index (χ2v) is 14.1. The van der Waals surface area contributed by atoms with E-state index >= 15 is 0 Å². The molecule has 8 aromatic carbocycles. The third kappa shape index (κ3) is 5.39. The molecule has 0 saturated heterocycles. The van der Waals surface area contributed by atoms with Crippen molar-refractivity contribution in [2.45, 2.75) is 0 Å². The van der Waals surface area contributed by atoms with E-state index in [0.29, 0.717) is 5.82 Å². The molecule has 4 nitrogen and oxygen atoms in total. The Morgan fingerprint density at radius 3 is 1.64 bits per heavy atom. The Morgan fingerprint density at radius 2 is 0.857 bits per heavy atom. The average molecular weight is 717 g/mol. The number of nitrogens with zero attached hydrogens (tertiary/aromatic N) is 2. The first-order chi connectivity index (χ1) is 27.7. The number of rotatable bonds is 6. The highest BCUT2D eigenvalue weighted by atomic mass is 16.3. The Labute approximate surface area is 323 Å². The predicted molar refractivity (Wildman–Crippen MR) is 229 cm³/mol. The van der Waals surface area contributed by atoms with E-state index in [9.17, 15) is 0 Å². The Balaban J connectivity index is 1.03. The van der Waals surface area contributed by atoms with E-state index in [1.165, 1.54) is 0 Å². The van der Waals surface area contributed by atoms with Crippen LogP contribution in [0.1, 0.15) is 0 Å². The zero-order valence-electron chi connectivity index (χ0n) is 30.2. The normalized spacial score (nSPS) is 11.6. The highest BCUT2D eigenvalue weighted by Gasteiger charge is 2.19. The monoisotopic (exact) mass is 716 g/mol. The molecule has 0 spiro atoms. The Hall–Kier alpha value is -7.56. The van der Waals surface area contributed by atoms with Gasteiger partial charge in [0.05, 0.1) is 11.4 Å². The minimum Gasteiger partial charge on any atom is -0.456 e. The largest absolute Gasteiger partial charge is 0.456 e. The van der Waals surface area contributed by atoms with Crippen LogP contribution < -0.4 is 0 Å². The highest BCUT2D eigenvalue weighted by Crippen LogP contribution is 2.43. The van der Waals surface area contributed by atoms with E-state index in [-0.39, 0.29) is 0 Å². The summed E-state index contributed by atoms with van der Waals surface area (Å²) in [5, 5.41) is 4.39. The van der Waals surface area contributed by atoms with Gasteiger partial charge in [0.1, 0.15) is 22.3 Å². The molecule has 4 heteroatoms. The summed E-state index contributed by atoms with van der Waals surface area (Å²) in [4.78, 5) is 10.3. The number of furan rings is 2. The molecule has 0 unspecified atom stereocenters. The van der Waals surface area contributed by atoms with E-state index in [1.807, 2.05) is 48.5 Å². The van der Waals surface area contributed by atoms with Crippen LogP contribution in [0.2, 0.25) is 0 Å². The number of hydrogen-bond donors (Lipinski definition) is 0. The smallest absolute Gasteiger partial charge is 0.160 e. The standard InChI is InChI=1S/C52H32N2O2/c1-3-13-33(14-4-1)38-17-7-8-18-41(38)46-32-45(35-15-5-2-6-16-35)53-52(54-46)36-25-23-34(24-26-36)40-29-28-39(50-43-20-10-12-22-48(43)56-51(40)50)37-27-30-49-44(31-37)42-19-9-11-21-47(42)55-49/h1-32H. The van der Waals surface area contributed by atoms with Crippen molar-refractivity contribution in [3.05, 3.63) is 194 Å². The molecule has 0 bridgehead atoms. The highest BCUT2D eigenvalue weighted by molar-refractivity contribution is 6.17. The first-order valence-corrected chi connectivity index (χ1v) is 18.8. The maximum absolute atomic E-state index is 6.69. The first kappa shape index (κ1) is 31.9. The summed E-state index contributed by atoms with van der Waals surface area (Å²) in [5.41, 5.74) is 14.8. The van der Waals surface area contributed by atoms with Gasteiger partial charge >= 0.3 is 0 Å². The third-order valence-corrected chi connectivity index (χ3v) is 10.8. The fraction of sp³-hybridized carbons (Fsp3) is 0. The number of fused-ring (bicyclic) bond motifs is 6. The fourth-order valence-electron chi connectivity index (χ4n) is 8.04. The van der Waals surface area contributed by atoms with E-state index < -0.39 is 0 Å². The molecule has 0 saturated carbocycles. The van der Waals surface area contributed by atoms with Gasteiger partial charge in [-0.3, -0.25) is 0 Å².